The maximum Gasteiger partial charge on any atom is 0.269 e. The molecule has 1 fully saturated rings. The van der Waals surface area contributed by atoms with Gasteiger partial charge in [-0.25, -0.2) is 18.3 Å². The molecule has 0 bridgehead atoms. The first-order valence-corrected chi connectivity index (χ1v) is 11.2. The minimum absolute atomic E-state index is 0.0273. The summed E-state index contributed by atoms with van der Waals surface area (Å²) in [5.41, 5.74) is -0.231. The second kappa shape index (κ2) is 8.45. The summed E-state index contributed by atoms with van der Waals surface area (Å²) in [5.74, 6) is -1.49. The molecule has 12 heteroatoms. The summed E-state index contributed by atoms with van der Waals surface area (Å²) in [5, 5.41) is 20.3. The number of nitrogens with one attached hydrogen (secondary N) is 2. The van der Waals surface area contributed by atoms with Crippen molar-refractivity contribution in [3.8, 4) is 17.0 Å². The third-order valence-electron chi connectivity index (χ3n) is 6.45. The number of amides is 1. The van der Waals surface area contributed by atoms with Crippen molar-refractivity contribution >= 4 is 23.0 Å². The van der Waals surface area contributed by atoms with E-state index in [4.69, 9.17) is 4.74 Å². The summed E-state index contributed by atoms with van der Waals surface area (Å²) in [6, 6.07) is 1.20. The molecule has 1 aliphatic carbocycles. The summed E-state index contributed by atoms with van der Waals surface area (Å²) in [7, 11) is 2.86. The fourth-order valence-electron chi connectivity index (χ4n) is 4.54. The van der Waals surface area contributed by atoms with E-state index < -0.39 is 23.1 Å². The third-order valence-corrected chi connectivity index (χ3v) is 6.45. The lowest BCUT2D eigenvalue weighted by molar-refractivity contribution is 0.0195. The Labute approximate surface area is 198 Å². The van der Waals surface area contributed by atoms with Crippen LogP contribution < -0.4 is 15.4 Å². The van der Waals surface area contributed by atoms with Gasteiger partial charge < -0.3 is 20.5 Å². The summed E-state index contributed by atoms with van der Waals surface area (Å²) in [6.45, 7) is 1.82. The fourth-order valence-corrected chi connectivity index (χ4v) is 4.54. The zero-order valence-corrected chi connectivity index (χ0v) is 19.5. The van der Waals surface area contributed by atoms with E-state index >= 15 is 4.39 Å². The average molecular weight is 485 g/mol. The minimum atomic E-state index is -0.720. The van der Waals surface area contributed by atoms with Crippen LogP contribution >= 0.6 is 0 Å². The molecule has 0 atom stereocenters. The second-order valence-electron chi connectivity index (χ2n) is 9.00. The van der Waals surface area contributed by atoms with Crippen LogP contribution in [0.5, 0.6) is 5.88 Å². The molecule has 1 aliphatic rings. The van der Waals surface area contributed by atoms with Gasteiger partial charge in [-0.1, -0.05) is 0 Å². The van der Waals surface area contributed by atoms with Crippen LogP contribution in [0.2, 0.25) is 0 Å². The Kier molecular flexibility index (Phi) is 5.55. The molecule has 35 heavy (non-hydrogen) atoms. The first-order valence-electron chi connectivity index (χ1n) is 11.2. The predicted octanol–water partition coefficient (Wildman–Crippen LogP) is 2.80. The number of hydrogen-bond donors (Lipinski definition) is 3. The van der Waals surface area contributed by atoms with Gasteiger partial charge >= 0.3 is 0 Å². The molecule has 0 saturated heterocycles. The van der Waals surface area contributed by atoms with Crippen molar-refractivity contribution in [3.05, 3.63) is 42.0 Å². The largest absolute Gasteiger partial charge is 0.479 e. The Morgan fingerprint density at radius 3 is 2.69 bits per heavy atom. The van der Waals surface area contributed by atoms with E-state index in [2.05, 4.69) is 25.7 Å². The minimum Gasteiger partial charge on any atom is -0.479 e. The van der Waals surface area contributed by atoms with E-state index in [1.165, 1.54) is 41.7 Å². The molecular weight excluding hydrogens is 460 g/mol. The molecule has 0 radical (unpaired) electrons. The first kappa shape index (κ1) is 23.0. The summed E-state index contributed by atoms with van der Waals surface area (Å²) in [4.78, 5) is 20.6. The number of imidazole rings is 1. The lowest BCUT2D eigenvalue weighted by atomic mass is 9.84. The molecule has 4 aromatic rings. The predicted molar refractivity (Wildman–Crippen MR) is 124 cm³/mol. The van der Waals surface area contributed by atoms with Gasteiger partial charge in [0.25, 0.3) is 5.91 Å². The number of fused-ring (bicyclic) bond motifs is 2. The standard InChI is InChI=1S/C23H25F2N7O3/c1-23(34)6-4-13(5-7-23)28-22-29-21(35-3)18-17(15(25)11-32(18)30-22)12-8-14(24)19-27-9-16(20(33)26-2)31(19)10-12/h8-11,13,34H,4-7H2,1-3H3,(H,26,33)(H,28,30)/t13-,23-. The van der Waals surface area contributed by atoms with E-state index in [1.807, 2.05) is 6.92 Å². The van der Waals surface area contributed by atoms with Crippen LogP contribution in [-0.4, -0.2) is 60.8 Å². The van der Waals surface area contributed by atoms with E-state index in [9.17, 15) is 14.3 Å². The van der Waals surface area contributed by atoms with Gasteiger partial charge in [0.15, 0.2) is 17.3 Å². The third kappa shape index (κ3) is 4.03. The Morgan fingerprint density at radius 2 is 2.00 bits per heavy atom. The Bertz CT molecular complexity index is 1440. The molecule has 184 valence electrons. The smallest absolute Gasteiger partial charge is 0.269 e. The van der Waals surface area contributed by atoms with Crippen LogP contribution in [0.1, 0.15) is 43.1 Å². The molecule has 0 spiro atoms. The van der Waals surface area contributed by atoms with E-state index in [0.29, 0.717) is 12.8 Å². The molecule has 0 aliphatic heterocycles. The van der Waals surface area contributed by atoms with Gasteiger partial charge in [-0.2, -0.15) is 4.98 Å². The number of hydrogen-bond acceptors (Lipinski definition) is 7. The number of rotatable bonds is 5. The van der Waals surface area contributed by atoms with Gasteiger partial charge in [0.2, 0.25) is 11.8 Å². The molecule has 3 N–H and O–H groups in total. The van der Waals surface area contributed by atoms with Gasteiger partial charge in [0.1, 0.15) is 11.2 Å². The molecular formula is C23H25F2N7O3. The summed E-state index contributed by atoms with van der Waals surface area (Å²) < 4.78 is 38.1. The average Bonchev–Trinajstić information content (AvgIpc) is 3.40. The van der Waals surface area contributed by atoms with Crippen LogP contribution in [0.15, 0.2) is 24.7 Å². The van der Waals surface area contributed by atoms with E-state index in [1.54, 1.807) is 0 Å². The van der Waals surface area contributed by atoms with Gasteiger partial charge in [0.05, 0.1) is 30.7 Å². The molecule has 1 saturated carbocycles. The monoisotopic (exact) mass is 485 g/mol. The van der Waals surface area contributed by atoms with Crippen molar-refractivity contribution in [2.75, 3.05) is 19.5 Å². The van der Waals surface area contributed by atoms with Crippen molar-refractivity contribution in [1.29, 1.82) is 0 Å². The highest BCUT2D eigenvalue weighted by Gasteiger charge is 2.29. The molecule has 10 nitrogen and oxygen atoms in total. The van der Waals surface area contributed by atoms with Crippen LogP contribution in [0.3, 0.4) is 0 Å². The van der Waals surface area contributed by atoms with Gasteiger partial charge in [-0.3, -0.25) is 9.20 Å². The number of methoxy groups -OCH3 is 1. The Morgan fingerprint density at radius 1 is 1.26 bits per heavy atom. The molecule has 5 rings (SSSR count). The van der Waals surface area contributed by atoms with Crippen LogP contribution in [0, 0.1) is 11.6 Å². The van der Waals surface area contributed by atoms with Crippen molar-refractivity contribution in [2.45, 2.75) is 44.2 Å². The maximum absolute atomic E-state index is 15.2. The number of anilines is 1. The van der Waals surface area contributed by atoms with Crippen molar-refractivity contribution in [1.82, 2.24) is 29.3 Å². The number of carbonyl (C=O) groups excluding carboxylic acids is 1. The highest BCUT2D eigenvalue weighted by molar-refractivity contribution is 5.93. The molecule has 1 amide bonds. The van der Waals surface area contributed by atoms with E-state index in [0.717, 1.165) is 18.9 Å². The topological polar surface area (TPSA) is 118 Å². The summed E-state index contributed by atoms with van der Waals surface area (Å²) >= 11 is 0. The molecule has 4 heterocycles. The number of nitrogens with zero attached hydrogens (tertiary/aromatic N) is 5. The van der Waals surface area contributed by atoms with Crippen molar-refractivity contribution in [2.24, 2.45) is 0 Å². The van der Waals surface area contributed by atoms with Gasteiger partial charge in [-0.15, -0.1) is 5.10 Å². The lowest BCUT2D eigenvalue weighted by Crippen LogP contribution is -2.36. The van der Waals surface area contributed by atoms with Crippen LogP contribution in [-0.2, 0) is 0 Å². The SMILES string of the molecule is CNC(=O)c1cnc2c(F)cc(-c3c(F)cn4nc(N[C@H]5CC[C@](C)(O)CC5)nc(OC)c34)cn12. The van der Waals surface area contributed by atoms with Crippen LogP contribution in [0.4, 0.5) is 14.7 Å². The van der Waals surface area contributed by atoms with Crippen molar-refractivity contribution in [3.63, 3.8) is 0 Å². The fraction of sp³-hybridized carbons (Fsp3) is 0.391. The Balaban J connectivity index is 1.58. The number of aromatic nitrogens is 5. The summed E-state index contributed by atoms with van der Waals surface area (Å²) in [6.07, 6.45) is 6.62. The highest BCUT2D eigenvalue weighted by atomic mass is 19.1. The molecule has 0 unspecified atom stereocenters. The Hall–Kier alpha value is -3.80. The number of pyridine rings is 1. The van der Waals surface area contributed by atoms with Gasteiger partial charge in [-0.05, 0) is 38.7 Å². The second-order valence-corrected chi connectivity index (χ2v) is 9.00. The quantitative estimate of drug-likeness (QED) is 0.398. The highest BCUT2D eigenvalue weighted by Crippen LogP contribution is 2.35. The molecule has 4 aromatic heterocycles. The normalized spacial score (nSPS) is 20.3. The van der Waals surface area contributed by atoms with Gasteiger partial charge in [0, 0.05) is 24.8 Å². The van der Waals surface area contributed by atoms with Crippen LogP contribution in [0.25, 0.3) is 22.3 Å². The maximum atomic E-state index is 15.2. The number of carbonyl (C=O) groups is 1. The zero-order chi connectivity index (χ0) is 24.9. The number of aliphatic hydroxyl groups is 1. The number of halogens is 2. The number of ether oxygens (including phenoxy) is 1. The molecule has 0 aromatic carbocycles. The van der Waals surface area contributed by atoms with E-state index in [-0.39, 0.29) is 45.9 Å². The zero-order valence-electron chi connectivity index (χ0n) is 19.5. The van der Waals surface area contributed by atoms with Crippen molar-refractivity contribution < 1.29 is 23.4 Å². The lowest BCUT2D eigenvalue weighted by Gasteiger charge is -2.33. The first-order chi connectivity index (χ1) is 16.7.